The van der Waals surface area contributed by atoms with Crippen LogP contribution >= 0.6 is 0 Å². The fourth-order valence-corrected chi connectivity index (χ4v) is 4.12. The van der Waals surface area contributed by atoms with Gasteiger partial charge in [-0.2, -0.15) is 14.6 Å². The fraction of sp³-hybridized carbons (Fsp3) is 0.304. The van der Waals surface area contributed by atoms with Crippen molar-refractivity contribution in [3.63, 3.8) is 0 Å². The van der Waals surface area contributed by atoms with Gasteiger partial charge in [0.15, 0.2) is 11.5 Å². The molecule has 0 spiro atoms. The van der Waals surface area contributed by atoms with Gasteiger partial charge in [0.1, 0.15) is 17.3 Å². The quantitative estimate of drug-likeness (QED) is 0.422. The molecule has 4 aromatic rings. The summed E-state index contributed by atoms with van der Waals surface area (Å²) in [6, 6.07) is 6.49. The van der Waals surface area contributed by atoms with Gasteiger partial charge in [-0.1, -0.05) is 19.9 Å². The van der Waals surface area contributed by atoms with Crippen LogP contribution in [0.15, 0.2) is 42.9 Å². The molecule has 1 atom stereocenters. The number of benzene rings is 1. The van der Waals surface area contributed by atoms with Gasteiger partial charge in [-0.3, -0.25) is 4.98 Å². The van der Waals surface area contributed by atoms with Gasteiger partial charge in [-0.05, 0) is 48.1 Å². The predicted molar refractivity (Wildman–Crippen MR) is 117 cm³/mol. The number of rotatable bonds is 4. The van der Waals surface area contributed by atoms with Crippen molar-refractivity contribution in [1.82, 2.24) is 24.6 Å². The van der Waals surface area contributed by atoms with Gasteiger partial charge in [0.05, 0.1) is 12.4 Å². The molecule has 32 heavy (non-hydrogen) atoms. The van der Waals surface area contributed by atoms with Crippen molar-refractivity contribution in [3.8, 4) is 17.1 Å². The maximum atomic E-state index is 13.8. The Kier molecular flexibility index (Phi) is 4.78. The Balaban J connectivity index is 1.59. The Hall–Kier alpha value is -3.59. The summed E-state index contributed by atoms with van der Waals surface area (Å²) in [5, 5.41) is 28.7. The van der Waals surface area contributed by atoms with Crippen molar-refractivity contribution < 1.29 is 14.6 Å². The van der Waals surface area contributed by atoms with E-state index in [0.29, 0.717) is 42.2 Å². The Labute approximate surface area is 183 Å². The molecule has 0 fully saturated rings. The van der Waals surface area contributed by atoms with E-state index in [1.165, 1.54) is 12.3 Å². The van der Waals surface area contributed by atoms with Crippen LogP contribution in [0.25, 0.3) is 17.0 Å². The van der Waals surface area contributed by atoms with Crippen LogP contribution in [0.3, 0.4) is 0 Å². The van der Waals surface area contributed by atoms with Crippen molar-refractivity contribution in [2.75, 3.05) is 5.32 Å². The number of aromatic hydroxyl groups is 1. The molecule has 8 nitrogen and oxygen atoms in total. The SMILES string of the molecule is CC(C)c1cnn2c(N[C@@]3(O)CCc4cc(O)ccc4C3)nc(-c3cncc(F)c3)nc12. The lowest BCUT2D eigenvalue weighted by Crippen LogP contribution is -2.44. The first kappa shape index (κ1) is 20.3. The summed E-state index contributed by atoms with van der Waals surface area (Å²) < 4.78 is 15.4. The average Bonchev–Trinajstić information content (AvgIpc) is 3.19. The van der Waals surface area contributed by atoms with Gasteiger partial charge in [0.2, 0.25) is 5.95 Å². The molecule has 1 aliphatic rings. The minimum atomic E-state index is -1.27. The molecule has 0 bridgehead atoms. The minimum absolute atomic E-state index is 0.158. The zero-order chi connectivity index (χ0) is 22.5. The summed E-state index contributed by atoms with van der Waals surface area (Å²) in [7, 11) is 0. The van der Waals surface area contributed by atoms with Crippen molar-refractivity contribution in [2.45, 2.75) is 44.8 Å². The van der Waals surface area contributed by atoms with Crippen molar-refractivity contribution in [3.05, 3.63) is 65.4 Å². The van der Waals surface area contributed by atoms with Crippen LogP contribution in [0.1, 0.15) is 42.9 Å². The normalized spacial score (nSPS) is 18.2. The number of hydrogen-bond acceptors (Lipinski definition) is 7. The summed E-state index contributed by atoms with van der Waals surface area (Å²) in [6.45, 7) is 4.08. The molecule has 9 heteroatoms. The number of aryl methyl sites for hydroxylation is 1. The molecule has 3 heterocycles. The summed E-state index contributed by atoms with van der Waals surface area (Å²) >= 11 is 0. The number of aliphatic hydroxyl groups is 1. The Morgan fingerprint density at radius 1 is 1.12 bits per heavy atom. The van der Waals surface area contributed by atoms with Crippen LogP contribution in [-0.4, -0.2) is 40.5 Å². The molecule has 164 valence electrons. The minimum Gasteiger partial charge on any atom is -0.508 e. The number of hydrogen-bond donors (Lipinski definition) is 3. The maximum Gasteiger partial charge on any atom is 0.230 e. The summed E-state index contributed by atoms with van der Waals surface area (Å²) in [4.78, 5) is 13.1. The van der Waals surface area contributed by atoms with Crippen molar-refractivity contribution in [2.24, 2.45) is 0 Å². The third kappa shape index (κ3) is 3.64. The molecule has 3 aromatic heterocycles. The van der Waals surface area contributed by atoms with Crippen molar-refractivity contribution in [1.29, 1.82) is 0 Å². The standard InChI is InChI=1S/C23H23FN6O2/c1-13(2)19-12-26-30-21(19)27-20(16-7-17(24)11-25-10-16)28-22(30)29-23(32)6-5-14-8-18(31)4-3-15(14)9-23/h3-4,7-8,10-13,31-32H,5-6,9H2,1-2H3,(H,27,28,29)/t23-/m1/s1. The zero-order valence-corrected chi connectivity index (χ0v) is 17.7. The van der Waals surface area contributed by atoms with E-state index in [4.69, 9.17) is 0 Å². The van der Waals surface area contributed by atoms with Gasteiger partial charge in [0, 0.05) is 23.7 Å². The number of fused-ring (bicyclic) bond motifs is 2. The van der Waals surface area contributed by atoms with E-state index in [1.54, 1.807) is 22.8 Å². The molecule has 0 saturated carbocycles. The second-order valence-electron chi connectivity index (χ2n) is 8.54. The molecule has 0 unspecified atom stereocenters. The number of nitrogens with one attached hydrogen (secondary N) is 1. The summed E-state index contributed by atoms with van der Waals surface area (Å²) in [6.07, 6.45) is 5.71. The monoisotopic (exact) mass is 434 g/mol. The smallest absolute Gasteiger partial charge is 0.230 e. The second-order valence-corrected chi connectivity index (χ2v) is 8.54. The second kappa shape index (κ2) is 7.52. The third-order valence-electron chi connectivity index (χ3n) is 5.81. The lowest BCUT2D eigenvalue weighted by Gasteiger charge is -2.34. The lowest BCUT2D eigenvalue weighted by molar-refractivity contribution is 0.0543. The van der Waals surface area contributed by atoms with Crippen LogP contribution < -0.4 is 5.32 Å². The van der Waals surface area contributed by atoms with E-state index in [9.17, 15) is 14.6 Å². The number of anilines is 1. The topological polar surface area (TPSA) is 108 Å². The van der Waals surface area contributed by atoms with Crippen LogP contribution in [0.2, 0.25) is 0 Å². The first-order valence-corrected chi connectivity index (χ1v) is 10.5. The van der Waals surface area contributed by atoms with E-state index in [1.807, 2.05) is 19.9 Å². The van der Waals surface area contributed by atoms with Gasteiger partial charge in [-0.25, -0.2) is 9.37 Å². The number of pyridine rings is 1. The molecular weight excluding hydrogens is 411 g/mol. The van der Waals surface area contributed by atoms with Crippen LogP contribution in [0, 0.1) is 5.82 Å². The highest BCUT2D eigenvalue weighted by Crippen LogP contribution is 2.32. The average molecular weight is 434 g/mol. The first-order chi connectivity index (χ1) is 15.3. The zero-order valence-electron chi connectivity index (χ0n) is 17.7. The molecule has 3 N–H and O–H groups in total. The molecule has 1 aliphatic carbocycles. The van der Waals surface area contributed by atoms with E-state index in [-0.39, 0.29) is 11.7 Å². The van der Waals surface area contributed by atoms with Crippen LogP contribution in [-0.2, 0) is 12.8 Å². The van der Waals surface area contributed by atoms with Crippen LogP contribution in [0.4, 0.5) is 10.3 Å². The van der Waals surface area contributed by atoms with Crippen molar-refractivity contribution >= 4 is 11.6 Å². The van der Waals surface area contributed by atoms with Gasteiger partial charge in [0.25, 0.3) is 0 Å². The summed E-state index contributed by atoms with van der Waals surface area (Å²) in [5.74, 6) is 0.491. The fourth-order valence-electron chi connectivity index (χ4n) is 4.12. The lowest BCUT2D eigenvalue weighted by atomic mass is 9.85. The van der Waals surface area contributed by atoms with Gasteiger partial charge in [-0.15, -0.1) is 0 Å². The largest absolute Gasteiger partial charge is 0.508 e. The van der Waals surface area contributed by atoms with E-state index >= 15 is 0 Å². The highest BCUT2D eigenvalue weighted by atomic mass is 19.1. The molecule has 0 saturated heterocycles. The molecular formula is C23H23FN6O2. The van der Waals surface area contributed by atoms with E-state index < -0.39 is 11.5 Å². The highest BCUT2D eigenvalue weighted by molar-refractivity contribution is 5.62. The first-order valence-electron chi connectivity index (χ1n) is 10.5. The van der Waals surface area contributed by atoms with E-state index in [0.717, 1.165) is 22.9 Å². The van der Waals surface area contributed by atoms with Crippen LogP contribution in [0.5, 0.6) is 5.75 Å². The molecule has 5 rings (SSSR count). The maximum absolute atomic E-state index is 13.8. The molecule has 0 amide bonds. The molecule has 1 aromatic carbocycles. The summed E-state index contributed by atoms with van der Waals surface area (Å²) in [5.41, 5.74) is 2.62. The van der Waals surface area contributed by atoms with E-state index in [2.05, 4.69) is 25.4 Å². The number of halogens is 1. The predicted octanol–water partition coefficient (Wildman–Crippen LogP) is 3.44. The number of phenols is 1. The third-order valence-corrected chi connectivity index (χ3v) is 5.81. The molecule has 0 aliphatic heterocycles. The van der Waals surface area contributed by atoms with Gasteiger partial charge < -0.3 is 15.5 Å². The molecule has 0 radical (unpaired) electrons. The van der Waals surface area contributed by atoms with Gasteiger partial charge >= 0.3 is 0 Å². The Morgan fingerprint density at radius 3 is 2.75 bits per heavy atom. The number of nitrogens with zero attached hydrogens (tertiary/aromatic N) is 5. The number of aromatic nitrogens is 5. The number of phenolic OH excluding ortho intramolecular Hbond substituents is 1. The highest BCUT2D eigenvalue weighted by Gasteiger charge is 2.34. The Morgan fingerprint density at radius 2 is 1.97 bits per heavy atom. The Bertz CT molecular complexity index is 1320.